The number of hydrogen-bond acceptors (Lipinski definition) is 2. The van der Waals surface area contributed by atoms with E-state index in [0.29, 0.717) is 5.41 Å². The van der Waals surface area contributed by atoms with Crippen molar-refractivity contribution in [3.05, 3.63) is 0 Å². The number of rotatable bonds is 10. The summed E-state index contributed by atoms with van der Waals surface area (Å²) < 4.78 is 0. The molecule has 0 N–H and O–H groups in total. The van der Waals surface area contributed by atoms with E-state index in [2.05, 4.69) is 44.4 Å². The lowest BCUT2D eigenvalue weighted by Crippen LogP contribution is -2.46. The van der Waals surface area contributed by atoms with Crippen molar-refractivity contribution < 1.29 is 0 Å². The smallest absolute Gasteiger partial charge is 0.0110 e. The first-order valence-corrected chi connectivity index (χ1v) is 9.89. The molecule has 1 aliphatic heterocycles. The highest BCUT2D eigenvalue weighted by atomic mass is 15.3. The van der Waals surface area contributed by atoms with Gasteiger partial charge in [-0.2, -0.15) is 0 Å². The SMILES string of the molecule is CC[C@H](CCCCCN1CCN(CC)CC1)CCC(C)(C)C. The van der Waals surface area contributed by atoms with Crippen molar-refractivity contribution >= 4 is 0 Å². The van der Waals surface area contributed by atoms with Gasteiger partial charge < -0.3 is 9.80 Å². The summed E-state index contributed by atoms with van der Waals surface area (Å²) in [6.45, 7) is 19.5. The van der Waals surface area contributed by atoms with Gasteiger partial charge in [0.2, 0.25) is 0 Å². The first-order valence-electron chi connectivity index (χ1n) is 9.89. The summed E-state index contributed by atoms with van der Waals surface area (Å²) in [6, 6.07) is 0. The van der Waals surface area contributed by atoms with Gasteiger partial charge in [-0.25, -0.2) is 0 Å². The molecule has 1 fully saturated rings. The number of nitrogens with zero attached hydrogens (tertiary/aromatic N) is 2. The van der Waals surface area contributed by atoms with E-state index in [1.54, 1.807) is 0 Å². The second kappa shape index (κ2) is 10.6. The van der Waals surface area contributed by atoms with Crippen LogP contribution in [-0.4, -0.2) is 49.1 Å². The van der Waals surface area contributed by atoms with Gasteiger partial charge in [-0.05, 0) is 43.7 Å². The molecule has 0 unspecified atom stereocenters. The summed E-state index contributed by atoms with van der Waals surface area (Å²) in [6.07, 6.45) is 9.91. The lowest BCUT2D eigenvalue weighted by atomic mass is 9.84. The zero-order valence-corrected chi connectivity index (χ0v) is 16.2. The standard InChI is InChI=1S/C20H42N2/c1-6-19(12-13-20(3,4)5)11-9-8-10-14-22-17-15-21(7-2)16-18-22/h19H,6-18H2,1-5H3/t19-/m1/s1. The molecule has 0 saturated carbocycles. The van der Waals surface area contributed by atoms with Crippen molar-refractivity contribution in [3.63, 3.8) is 0 Å². The zero-order valence-electron chi connectivity index (χ0n) is 16.2. The van der Waals surface area contributed by atoms with Crippen LogP contribution in [0.5, 0.6) is 0 Å². The van der Waals surface area contributed by atoms with Crippen LogP contribution in [0.15, 0.2) is 0 Å². The van der Waals surface area contributed by atoms with Gasteiger partial charge in [-0.1, -0.05) is 60.3 Å². The van der Waals surface area contributed by atoms with E-state index in [1.807, 2.05) is 0 Å². The number of hydrogen-bond donors (Lipinski definition) is 0. The third-order valence-electron chi connectivity index (χ3n) is 5.38. The molecule has 0 aromatic heterocycles. The highest BCUT2D eigenvalue weighted by Gasteiger charge is 2.15. The van der Waals surface area contributed by atoms with Crippen LogP contribution in [0.2, 0.25) is 0 Å². The zero-order chi connectivity index (χ0) is 16.4. The van der Waals surface area contributed by atoms with Crippen LogP contribution < -0.4 is 0 Å². The predicted octanol–water partition coefficient (Wildman–Crippen LogP) is 5.04. The summed E-state index contributed by atoms with van der Waals surface area (Å²) in [5.74, 6) is 0.965. The molecule has 1 saturated heterocycles. The van der Waals surface area contributed by atoms with E-state index in [9.17, 15) is 0 Å². The second-order valence-corrected chi connectivity index (χ2v) is 8.50. The molecule has 2 nitrogen and oxygen atoms in total. The van der Waals surface area contributed by atoms with Crippen LogP contribution >= 0.6 is 0 Å². The summed E-state index contributed by atoms with van der Waals surface area (Å²) in [5.41, 5.74) is 0.508. The van der Waals surface area contributed by atoms with Crippen LogP contribution in [0.4, 0.5) is 0 Å². The lowest BCUT2D eigenvalue weighted by molar-refractivity contribution is 0.135. The van der Waals surface area contributed by atoms with Crippen LogP contribution in [0, 0.1) is 11.3 Å². The van der Waals surface area contributed by atoms with E-state index in [0.717, 1.165) is 5.92 Å². The van der Waals surface area contributed by atoms with Crippen molar-refractivity contribution in [2.24, 2.45) is 11.3 Å². The maximum atomic E-state index is 2.67. The van der Waals surface area contributed by atoms with E-state index in [-0.39, 0.29) is 0 Å². The summed E-state index contributed by atoms with van der Waals surface area (Å²) in [5, 5.41) is 0. The van der Waals surface area contributed by atoms with Crippen molar-refractivity contribution in [1.82, 2.24) is 9.80 Å². The van der Waals surface area contributed by atoms with Gasteiger partial charge in [-0.3, -0.25) is 0 Å². The molecular formula is C20H42N2. The molecule has 0 radical (unpaired) electrons. The van der Waals surface area contributed by atoms with E-state index >= 15 is 0 Å². The number of unbranched alkanes of at least 4 members (excludes halogenated alkanes) is 2. The van der Waals surface area contributed by atoms with Gasteiger partial charge in [0.15, 0.2) is 0 Å². The minimum absolute atomic E-state index is 0.508. The van der Waals surface area contributed by atoms with Gasteiger partial charge in [0.1, 0.15) is 0 Å². The Hall–Kier alpha value is -0.0800. The Morgan fingerprint density at radius 1 is 0.818 bits per heavy atom. The summed E-state index contributed by atoms with van der Waals surface area (Å²) >= 11 is 0. The predicted molar refractivity (Wildman–Crippen MR) is 99.5 cm³/mol. The highest BCUT2D eigenvalue weighted by molar-refractivity contribution is 4.71. The molecule has 0 aliphatic carbocycles. The van der Waals surface area contributed by atoms with Gasteiger partial charge >= 0.3 is 0 Å². The fraction of sp³-hybridized carbons (Fsp3) is 1.00. The van der Waals surface area contributed by atoms with Crippen LogP contribution in [0.1, 0.15) is 79.6 Å². The first-order chi connectivity index (χ1) is 10.4. The Kier molecular flexibility index (Phi) is 9.66. The molecule has 1 heterocycles. The minimum Gasteiger partial charge on any atom is -0.301 e. The van der Waals surface area contributed by atoms with Crippen LogP contribution in [-0.2, 0) is 0 Å². The molecule has 1 atom stereocenters. The quantitative estimate of drug-likeness (QED) is 0.522. The van der Waals surface area contributed by atoms with Crippen molar-refractivity contribution in [1.29, 1.82) is 0 Å². The van der Waals surface area contributed by atoms with Crippen LogP contribution in [0.25, 0.3) is 0 Å². The Morgan fingerprint density at radius 2 is 1.45 bits per heavy atom. The molecule has 0 aromatic carbocycles. The minimum atomic E-state index is 0.508. The van der Waals surface area contributed by atoms with Gasteiger partial charge in [-0.15, -0.1) is 0 Å². The molecular weight excluding hydrogens is 268 g/mol. The molecule has 0 bridgehead atoms. The first kappa shape index (κ1) is 20.0. The van der Waals surface area contributed by atoms with Crippen molar-refractivity contribution in [2.75, 3.05) is 39.3 Å². The fourth-order valence-electron chi connectivity index (χ4n) is 3.46. The molecule has 1 aliphatic rings. The molecule has 0 aromatic rings. The Bertz CT molecular complexity index is 261. The average molecular weight is 311 g/mol. The molecule has 132 valence electrons. The van der Waals surface area contributed by atoms with Crippen molar-refractivity contribution in [2.45, 2.75) is 79.6 Å². The maximum absolute atomic E-state index is 2.67. The maximum Gasteiger partial charge on any atom is 0.0110 e. The molecule has 1 rings (SSSR count). The van der Waals surface area contributed by atoms with E-state index < -0.39 is 0 Å². The highest BCUT2D eigenvalue weighted by Crippen LogP contribution is 2.27. The Balaban J connectivity index is 2.02. The van der Waals surface area contributed by atoms with Gasteiger partial charge in [0.25, 0.3) is 0 Å². The second-order valence-electron chi connectivity index (χ2n) is 8.50. The monoisotopic (exact) mass is 310 g/mol. The van der Waals surface area contributed by atoms with E-state index in [4.69, 9.17) is 0 Å². The van der Waals surface area contributed by atoms with E-state index in [1.165, 1.54) is 84.2 Å². The molecule has 22 heavy (non-hydrogen) atoms. The lowest BCUT2D eigenvalue weighted by Gasteiger charge is -2.34. The van der Waals surface area contributed by atoms with Crippen LogP contribution in [0.3, 0.4) is 0 Å². The third kappa shape index (κ3) is 9.15. The fourth-order valence-corrected chi connectivity index (χ4v) is 3.46. The van der Waals surface area contributed by atoms with Crippen molar-refractivity contribution in [3.8, 4) is 0 Å². The topological polar surface area (TPSA) is 6.48 Å². The van der Waals surface area contributed by atoms with Gasteiger partial charge in [0, 0.05) is 26.2 Å². The Labute approximate surface area is 140 Å². The van der Waals surface area contributed by atoms with Gasteiger partial charge in [0.05, 0.1) is 0 Å². The molecule has 0 spiro atoms. The Morgan fingerprint density at radius 3 is 2.00 bits per heavy atom. The molecule has 0 amide bonds. The third-order valence-corrected chi connectivity index (χ3v) is 5.38. The molecule has 2 heteroatoms. The average Bonchev–Trinajstić information content (AvgIpc) is 2.49. The summed E-state index contributed by atoms with van der Waals surface area (Å²) in [7, 11) is 0. The number of likely N-dealkylation sites (N-methyl/N-ethyl adjacent to an activating group) is 1. The normalized spacial score (nSPS) is 19.5. The number of piperazine rings is 1. The summed E-state index contributed by atoms with van der Waals surface area (Å²) in [4.78, 5) is 5.24. The largest absolute Gasteiger partial charge is 0.301 e.